The van der Waals surface area contributed by atoms with Gasteiger partial charge in [0.25, 0.3) is 5.91 Å². The average Bonchev–Trinajstić information content (AvgIpc) is 2.83. The second kappa shape index (κ2) is 9.54. The molecule has 4 amide bonds. The number of nitrogens with one attached hydrogen (secondary N) is 1. The number of rotatable bonds is 9. The van der Waals surface area contributed by atoms with E-state index in [2.05, 4.69) is 9.76 Å². The Kier molecular flexibility index (Phi) is 7.73. The second-order valence-electron chi connectivity index (χ2n) is 8.91. The van der Waals surface area contributed by atoms with Crippen LogP contribution in [-0.2, 0) is 24.3 Å². The lowest BCUT2D eigenvalue weighted by Crippen LogP contribution is -2.50. The first-order valence-corrected chi connectivity index (χ1v) is 11.2. The Hall–Kier alpha value is -2.16. The molecule has 2 heterocycles. The van der Waals surface area contributed by atoms with Crippen molar-refractivity contribution in [3.8, 4) is 0 Å². The smallest absolute Gasteiger partial charge is 0.418 e. The number of amides is 4. The topological polar surface area (TPSA) is 166 Å². The Morgan fingerprint density at radius 2 is 1.97 bits per heavy atom. The minimum absolute atomic E-state index is 0.0399. The number of hydrogen-bond acceptors (Lipinski definition) is 7. The van der Waals surface area contributed by atoms with E-state index in [4.69, 9.17) is 9.39 Å². The Bertz CT molecular complexity index is 798. The number of fused-ring (bicyclic) bond motifs is 2. The predicted octanol–water partition coefficient (Wildman–Crippen LogP) is 0.842. The molecule has 2 aliphatic heterocycles. The standard InChI is InChI=1S/C17H30N4O9S/c1-11(9-17(2,3)4)19(16(24)25)7-8-29-18-14(22)13-6-5-12-10-20(13)15(23)21(12)30-31(26,27)28/h11-13H,5-10H2,1-4H3,(H,18,22)(H,24,25)(H,26,27,28)/t11?,12-,13+/m1/s1. The van der Waals surface area contributed by atoms with Gasteiger partial charge in [0.15, 0.2) is 0 Å². The molecule has 1 unspecified atom stereocenters. The molecule has 178 valence electrons. The van der Waals surface area contributed by atoms with Gasteiger partial charge in [-0.3, -0.25) is 14.2 Å². The van der Waals surface area contributed by atoms with Crippen molar-refractivity contribution < 1.29 is 41.6 Å². The molecular weight excluding hydrogens is 436 g/mol. The lowest BCUT2D eigenvalue weighted by Gasteiger charge is -2.31. The highest BCUT2D eigenvalue weighted by molar-refractivity contribution is 7.80. The van der Waals surface area contributed by atoms with E-state index in [1.54, 1.807) is 6.92 Å². The molecule has 0 aromatic heterocycles. The Morgan fingerprint density at radius 1 is 1.32 bits per heavy atom. The maximum atomic E-state index is 12.4. The van der Waals surface area contributed by atoms with Crippen LogP contribution in [-0.4, -0.2) is 88.8 Å². The Labute approximate surface area is 181 Å². The summed E-state index contributed by atoms with van der Waals surface area (Å²) in [5, 5.41) is 9.97. The van der Waals surface area contributed by atoms with E-state index in [9.17, 15) is 27.9 Å². The van der Waals surface area contributed by atoms with Crippen molar-refractivity contribution in [2.24, 2.45) is 5.41 Å². The average molecular weight is 467 g/mol. The number of piperidine rings is 1. The molecule has 31 heavy (non-hydrogen) atoms. The third-order valence-electron chi connectivity index (χ3n) is 5.09. The van der Waals surface area contributed by atoms with Crippen molar-refractivity contribution in [1.29, 1.82) is 0 Å². The van der Waals surface area contributed by atoms with Crippen molar-refractivity contribution in [3.05, 3.63) is 0 Å². The highest BCUT2D eigenvalue weighted by Gasteiger charge is 2.49. The van der Waals surface area contributed by atoms with Crippen LogP contribution in [0.4, 0.5) is 9.59 Å². The van der Waals surface area contributed by atoms with Crippen LogP contribution >= 0.6 is 0 Å². The quantitative estimate of drug-likeness (QED) is 0.253. The van der Waals surface area contributed by atoms with E-state index in [0.717, 1.165) is 4.90 Å². The molecule has 3 N–H and O–H groups in total. The first-order valence-electron chi connectivity index (χ1n) is 9.87. The molecule has 0 aliphatic carbocycles. The summed E-state index contributed by atoms with van der Waals surface area (Å²) in [6, 6.07) is -2.61. The third kappa shape index (κ3) is 6.92. The number of carboxylic acid groups (broad SMARTS) is 1. The van der Waals surface area contributed by atoms with Crippen LogP contribution in [0.5, 0.6) is 0 Å². The third-order valence-corrected chi connectivity index (χ3v) is 5.44. The predicted molar refractivity (Wildman–Crippen MR) is 106 cm³/mol. The molecule has 2 aliphatic rings. The molecule has 14 heteroatoms. The zero-order valence-electron chi connectivity index (χ0n) is 18.0. The maximum absolute atomic E-state index is 12.4. The molecule has 2 rings (SSSR count). The largest absolute Gasteiger partial charge is 0.465 e. The fraction of sp³-hybridized carbons (Fsp3) is 0.824. The van der Waals surface area contributed by atoms with E-state index < -0.39 is 40.5 Å². The monoisotopic (exact) mass is 466 g/mol. The summed E-state index contributed by atoms with van der Waals surface area (Å²) in [7, 11) is -4.87. The summed E-state index contributed by atoms with van der Waals surface area (Å²) in [6.45, 7) is 7.84. The number of hydroxylamine groups is 3. The van der Waals surface area contributed by atoms with Crippen LogP contribution in [0.1, 0.15) is 47.0 Å². The van der Waals surface area contributed by atoms with E-state index in [-0.39, 0.29) is 44.0 Å². The zero-order chi connectivity index (χ0) is 23.6. The van der Waals surface area contributed by atoms with Gasteiger partial charge in [-0.2, -0.15) is 13.5 Å². The SMILES string of the molecule is CC(CC(C)(C)C)N(CCONC(=O)[C@@H]1CC[C@@H]2CN1C(=O)N2OS(=O)(=O)O)C(=O)O. The normalized spacial score (nSPS) is 22.4. The lowest BCUT2D eigenvalue weighted by molar-refractivity contribution is -0.139. The molecule has 13 nitrogen and oxygen atoms in total. The Balaban J connectivity index is 1.85. The van der Waals surface area contributed by atoms with Gasteiger partial charge >= 0.3 is 22.5 Å². The van der Waals surface area contributed by atoms with Gasteiger partial charge in [-0.25, -0.2) is 15.1 Å². The van der Waals surface area contributed by atoms with E-state index in [0.29, 0.717) is 11.5 Å². The lowest BCUT2D eigenvalue weighted by atomic mass is 9.88. The summed E-state index contributed by atoms with van der Waals surface area (Å²) in [5.74, 6) is -0.620. The van der Waals surface area contributed by atoms with Crippen LogP contribution in [0.25, 0.3) is 0 Å². The first-order chi connectivity index (χ1) is 14.2. The zero-order valence-corrected chi connectivity index (χ0v) is 18.8. The van der Waals surface area contributed by atoms with E-state index in [1.165, 1.54) is 4.90 Å². The number of nitrogens with zero attached hydrogens (tertiary/aromatic N) is 3. The van der Waals surface area contributed by atoms with Crippen LogP contribution in [0, 0.1) is 5.41 Å². The molecule has 3 atom stereocenters. The minimum Gasteiger partial charge on any atom is -0.465 e. The van der Waals surface area contributed by atoms with Gasteiger partial charge in [0.05, 0.1) is 19.2 Å². The van der Waals surface area contributed by atoms with Crippen LogP contribution in [0.15, 0.2) is 0 Å². The van der Waals surface area contributed by atoms with Gasteiger partial charge in [-0.05, 0) is 31.6 Å². The van der Waals surface area contributed by atoms with Crippen LogP contribution in [0.3, 0.4) is 0 Å². The summed E-state index contributed by atoms with van der Waals surface area (Å²) in [5.41, 5.74) is 2.16. The van der Waals surface area contributed by atoms with Crippen molar-refractivity contribution in [1.82, 2.24) is 20.3 Å². The van der Waals surface area contributed by atoms with Crippen LogP contribution < -0.4 is 5.48 Å². The number of urea groups is 1. The number of carbonyl (C=O) groups is 3. The fourth-order valence-electron chi connectivity index (χ4n) is 3.94. The van der Waals surface area contributed by atoms with Crippen molar-refractivity contribution in [3.63, 3.8) is 0 Å². The van der Waals surface area contributed by atoms with E-state index >= 15 is 0 Å². The molecule has 0 radical (unpaired) electrons. The minimum atomic E-state index is -4.87. The molecule has 0 aromatic rings. The maximum Gasteiger partial charge on any atom is 0.418 e. The van der Waals surface area contributed by atoms with Gasteiger partial charge in [-0.1, -0.05) is 20.8 Å². The molecule has 0 spiro atoms. The molecule has 0 aromatic carbocycles. The summed E-state index contributed by atoms with van der Waals surface area (Å²) in [4.78, 5) is 43.8. The summed E-state index contributed by atoms with van der Waals surface area (Å²) < 4.78 is 34.9. The molecule has 2 saturated heterocycles. The second-order valence-corrected chi connectivity index (χ2v) is 9.92. The molecule has 0 saturated carbocycles. The van der Waals surface area contributed by atoms with Crippen molar-refractivity contribution in [2.75, 3.05) is 19.7 Å². The highest BCUT2D eigenvalue weighted by atomic mass is 32.3. The van der Waals surface area contributed by atoms with Crippen molar-refractivity contribution in [2.45, 2.75) is 65.1 Å². The number of hydrogen-bond donors (Lipinski definition) is 3. The molecule has 2 fully saturated rings. The Morgan fingerprint density at radius 3 is 2.52 bits per heavy atom. The van der Waals surface area contributed by atoms with E-state index in [1.807, 2.05) is 20.8 Å². The molecular formula is C17H30N4O9S. The molecule has 2 bridgehead atoms. The van der Waals surface area contributed by atoms with Crippen molar-refractivity contribution >= 4 is 28.4 Å². The van der Waals surface area contributed by atoms with Crippen LogP contribution in [0.2, 0.25) is 0 Å². The highest BCUT2D eigenvalue weighted by Crippen LogP contribution is 2.30. The summed E-state index contributed by atoms with van der Waals surface area (Å²) in [6.07, 6.45) is 0.0774. The number of carbonyl (C=O) groups excluding carboxylic acids is 2. The first kappa shape index (κ1) is 25.1. The van der Waals surface area contributed by atoms with Gasteiger partial charge in [0.2, 0.25) is 0 Å². The van der Waals surface area contributed by atoms with Gasteiger partial charge in [0, 0.05) is 12.6 Å². The fourth-order valence-corrected chi connectivity index (χ4v) is 4.33. The van der Waals surface area contributed by atoms with Gasteiger partial charge < -0.3 is 14.9 Å². The van der Waals surface area contributed by atoms with Gasteiger partial charge in [0.1, 0.15) is 6.04 Å². The van der Waals surface area contributed by atoms with Gasteiger partial charge in [-0.15, -0.1) is 4.28 Å². The summed E-state index contributed by atoms with van der Waals surface area (Å²) >= 11 is 0.